The lowest BCUT2D eigenvalue weighted by molar-refractivity contribution is 0.248. The molecule has 8 heteroatoms. The molecule has 0 aliphatic carbocycles. The maximum absolute atomic E-state index is 12.1. The molecule has 0 amide bonds. The highest BCUT2D eigenvalue weighted by Crippen LogP contribution is 2.33. The van der Waals surface area contributed by atoms with Crippen LogP contribution in [0.15, 0.2) is 6.07 Å². The lowest BCUT2D eigenvalue weighted by Crippen LogP contribution is -2.38. The van der Waals surface area contributed by atoms with Crippen molar-refractivity contribution in [3.63, 3.8) is 0 Å². The molecule has 24 heavy (non-hydrogen) atoms. The van der Waals surface area contributed by atoms with Gasteiger partial charge in [0.05, 0.1) is 18.0 Å². The second-order valence-corrected chi connectivity index (χ2v) is 9.44. The molecule has 1 fully saturated rings. The zero-order valence-corrected chi connectivity index (χ0v) is 16.0. The van der Waals surface area contributed by atoms with Gasteiger partial charge in [-0.3, -0.25) is 0 Å². The average molecular weight is 367 g/mol. The SMILES string of the molecule is Cc1cc(-c2nc(C)c(C)s2)nc([C@H]2CCCCN2S(C)(=O)=O)n1. The van der Waals surface area contributed by atoms with Crippen molar-refractivity contribution in [3.05, 3.63) is 28.2 Å². The van der Waals surface area contributed by atoms with E-state index >= 15 is 0 Å². The number of aromatic nitrogens is 3. The van der Waals surface area contributed by atoms with E-state index in [9.17, 15) is 8.42 Å². The van der Waals surface area contributed by atoms with E-state index in [0.717, 1.165) is 41.4 Å². The summed E-state index contributed by atoms with van der Waals surface area (Å²) in [5, 5.41) is 0.860. The van der Waals surface area contributed by atoms with Crippen molar-refractivity contribution in [2.45, 2.75) is 46.1 Å². The molecule has 3 rings (SSSR count). The minimum Gasteiger partial charge on any atom is -0.239 e. The van der Waals surface area contributed by atoms with Crippen LogP contribution in [-0.4, -0.2) is 40.5 Å². The molecular formula is C16H22N4O2S2. The zero-order valence-electron chi connectivity index (χ0n) is 14.4. The number of rotatable bonds is 3. The van der Waals surface area contributed by atoms with Crippen molar-refractivity contribution in [3.8, 4) is 10.7 Å². The van der Waals surface area contributed by atoms with Crippen LogP contribution in [-0.2, 0) is 10.0 Å². The second-order valence-electron chi connectivity index (χ2n) is 6.30. The third-order valence-corrected chi connectivity index (χ3v) is 6.68. The molecular weight excluding hydrogens is 344 g/mol. The summed E-state index contributed by atoms with van der Waals surface area (Å²) >= 11 is 1.60. The van der Waals surface area contributed by atoms with Crippen LogP contribution in [0.5, 0.6) is 0 Å². The Kier molecular flexibility index (Phi) is 4.72. The van der Waals surface area contributed by atoms with Crippen molar-refractivity contribution in [2.24, 2.45) is 0 Å². The topological polar surface area (TPSA) is 76.1 Å². The predicted molar refractivity (Wildman–Crippen MR) is 95.5 cm³/mol. The van der Waals surface area contributed by atoms with Gasteiger partial charge in [-0.05, 0) is 39.7 Å². The van der Waals surface area contributed by atoms with Gasteiger partial charge in [0.25, 0.3) is 0 Å². The van der Waals surface area contributed by atoms with Gasteiger partial charge in [0.1, 0.15) is 16.5 Å². The third kappa shape index (κ3) is 3.50. The van der Waals surface area contributed by atoms with E-state index < -0.39 is 10.0 Å². The molecule has 0 aromatic carbocycles. The number of sulfonamides is 1. The largest absolute Gasteiger partial charge is 0.239 e. The standard InChI is InChI=1S/C16H22N4O2S2/c1-10-9-13(16-18-11(2)12(3)23-16)19-15(17-10)14-7-5-6-8-20(14)24(4,21)22/h9,14H,5-8H2,1-4H3/t14-/m1/s1. The third-order valence-electron chi connectivity index (χ3n) is 4.30. The maximum atomic E-state index is 12.1. The maximum Gasteiger partial charge on any atom is 0.211 e. The quantitative estimate of drug-likeness (QED) is 0.834. The number of aryl methyl sites for hydroxylation is 3. The highest BCUT2D eigenvalue weighted by Gasteiger charge is 2.32. The Morgan fingerprint density at radius 3 is 2.54 bits per heavy atom. The molecule has 0 bridgehead atoms. The van der Waals surface area contributed by atoms with E-state index in [4.69, 9.17) is 0 Å². The van der Waals surface area contributed by atoms with Gasteiger partial charge in [-0.25, -0.2) is 23.4 Å². The summed E-state index contributed by atoms with van der Waals surface area (Å²) in [7, 11) is -3.28. The molecule has 1 saturated heterocycles. The Labute approximate surface area is 147 Å². The molecule has 2 aromatic rings. The minimum atomic E-state index is -3.28. The fourth-order valence-corrected chi connectivity index (χ4v) is 4.99. The van der Waals surface area contributed by atoms with E-state index in [-0.39, 0.29) is 6.04 Å². The summed E-state index contributed by atoms with van der Waals surface area (Å²) in [6.07, 6.45) is 3.88. The second kappa shape index (κ2) is 6.50. The fraction of sp³-hybridized carbons (Fsp3) is 0.562. The Balaban J connectivity index is 2.04. The van der Waals surface area contributed by atoms with Crippen molar-refractivity contribution in [1.82, 2.24) is 19.3 Å². The van der Waals surface area contributed by atoms with Gasteiger partial charge >= 0.3 is 0 Å². The summed E-state index contributed by atoms with van der Waals surface area (Å²) < 4.78 is 25.8. The molecule has 6 nitrogen and oxygen atoms in total. The van der Waals surface area contributed by atoms with Crippen LogP contribution in [0.1, 0.15) is 47.4 Å². The van der Waals surface area contributed by atoms with E-state index in [1.807, 2.05) is 26.8 Å². The van der Waals surface area contributed by atoms with Crippen LogP contribution in [0.25, 0.3) is 10.7 Å². The van der Waals surface area contributed by atoms with Crippen LogP contribution in [0, 0.1) is 20.8 Å². The highest BCUT2D eigenvalue weighted by atomic mass is 32.2. The fourth-order valence-electron chi connectivity index (χ4n) is 2.99. The van der Waals surface area contributed by atoms with Crippen molar-refractivity contribution in [1.29, 1.82) is 0 Å². The van der Waals surface area contributed by atoms with Gasteiger partial charge < -0.3 is 0 Å². The first-order valence-electron chi connectivity index (χ1n) is 8.02. The number of hydrogen-bond acceptors (Lipinski definition) is 6. The van der Waals surface area contributed by atoms with Crippen LogP contribution >= 0.6 is 11.3 Å². The molecule has 1 aliphatic heterocycles. The van der Waals surface area contributed by atoms with Gasteiger partial charge in [0.2, 0.25) is 10.0 Å². The first kappa shape index (κ1) is 17.4. The van der Waals surface area contributed by atoms with Gasteiger partial charge in [-0.1, -0.05) is 6.42 Å². The zero-order chi connectivity index (χ0) is 17.5. The molecule has 0 radical (unpaired) electrons. The lowest BCUT2D eigenvalue weighted by Gasteiger charge is -2.32. The molecule has 1 aliphatic rings. The van der Waals surface area contributed by atoms with Crippen LogP contribution in [0.3, 0.4) is 0 Å². The molecule has 0 saturated carbocycles. The van der Waals surface area contributed by atoms with Gasteiger partial charge in [0.15, 0.2) is 0 Å². The summed E-state index contributed by atoms with van der Waals surface area (Å²) in [6.45, 7) is 6.47. The summed E-state index contributed by atoms with van der Waals surface area (Å²) in [4.78, 5) is 14.9. The van der Waals surface area contributed by atoms with E-state index in [2.05, 4.69) is 15.0 Å². The Hall–Kier alpha value is -1.38. The highest BCUT2D eigenvalue weighted by molar-refractivity contribution is 7.88. The summed E-state index contributed by atoms with van der Waals surface area (Å²) in [6, 6.07) is 1.63. The summed E-state index contributed by atoms with van der Waals surface area (Å²) in [5.74, 6) is 0.584. The normalized spacial score (nSPS) is 19.6. The molecule has 3 heterocycles. The van der Waals surface area contributed by atoms with Crippen molar-refractivity contribution < 1.29 is 8.42 Å². The molecule has 0 spiro atoms. The van der Waals surface area contributed by atoms with Gasteiger partial charge in [0, 0.05) is 17.1 Å². The monoisotopic (exact) mass is 366 g/mol. The first-order chi connectivity index (χ1) is 11.3. The number of hydrogen-bond donors (Lipinski definition) is 0. The van der Waals surface area contributed by atoms with Crippen LogP contribution < -0.4 is 0 Å². The van der Waals surface area contributed by atoms with Crippen molar-refractivity contribution in [2.75, 3.05) is 12.8 Å². The Bertz CT molecular complexity index is 841. The first-order valence-corrected chi connectivity index (χ1v) is 10.7. The summed E-state index contributed by atoms with van der Waals surface area (Å²) in [5.41, 5.74) is 2.61. The molecule has 0 N–H and O–H groups in total. The molecule has 2 aromatic heterocycles. The molecule has 0 unspecified atom stereocenters. The molecule has 1 atom stereocenters. The molecule has 130 valence electrons. The number of thiazole rings is 1. The van der Waals surface area contributed by atoms with E-state index in [0.29, 0.717) is 12.4 Å². The van der Waals surface area contributed by atoms with Gasteiger partial charge in [-0.15, -0.1) is 11.3 Å². The smallest absolute Gasteiger partial charge is 0.211 e. The Morgan fingerprint density at radius 2 is 1.92 bits per heavy atom. The Morgan fingerprint density at radius 1 is 1.17 bits per heavy atom. The van der Waals surface area contributed by atoms with E-state index in [1.54, 1.807) is 11.3 Å². The van der Waals surface area contributed by atoms with E-state index in [1.165, 1.54) is 15.4 Å². The van der Waals surface area contributed by atoms with Gasteiger partial charge in [-0.2, -0.15) is 4.31 Å². The van der Waals surface area contributed by atoms with Crippen LogP contribution in [0.4, 0.5) is 0 Å². The van der Waals surface area contributed by atoms with Crippen LogP contribution in [0.2, 0.25) is 0 Å². The lowest BCUT2D eigenvalue weighted by atomic mass is 10.0. The van der Waals surface area contributed by atoms with Crippen molar-refractivity contribution >= 4 is 21.4 Å². The predicted octanol–water partition coefficient (Wildman–Crippen LogP) is 3.01. The number of nitrogens with zero attached hydrogens (tertiary/aromatic N) is 4. The average Bonchev–Trinajstić information content (AvgIpc) is 2.85. The minimum absolute atomic E-state index is 0.283. The number of piperidine rings is 1.